The van der Waals surface area contributed by atoms with Crippen LogP contribution in [-0.2, 0) is 22.6 Å². The molecule has 1 amide bonds. The second-order valence-electron chi connectivity index (χ2n) is 4.83. The second-order valence-corrected chi connectivity index (χ2v) is 4.83. The molecule has 6 nitrogen and oxygen atoms in total. The number of aliphatic carboxylic acids is 1. The highest BCUT2D eigenvalue weighted by Crippen LogP contribution is 2.21. The van der Waals surface area contributed by atoms with Crippen LogP contribution < -0.4 is 10.1 Å². The number of carbonyl (C=O) groups excluding carboxylic acids is 1. The summed E-state index contributed by atoms with van der Waals surface area (Å²) in [4.78, 5) is 22.6. The van der Waals surface area contributed by atoms with Crippen molar-refractivity contribution in [2.24, 2.45) is 0 Å². The quantitative estimate of drug-likeness (QED) is 0.855. The molecule has 2 aromatic carbocycles. The zero-order valence-corrected chi connectivity index (χ0v) is 12.6. The summed E-state index contributed by atoms with van der Waals surface area (Å²) in [5.41, 5.74) is 1.81. The monoisotopic (exact) mass is 315 g/mol. The third-order valence-corrected chi connectivity index (χ3v) is 3.02. The number of nitrogens with one attached hydrogen (secondary N) is 1. The van der Waals surface area contributed by atoms with Crippen LogP contribution in [0.4, 0.5) is 10.5 Å². The van der Waals surface area contributed by atoms with E-state index in [0.717, 1.165) is 5.56 Å². The van der Waals surface area contributed by atoms with E-state index in [4.69, 9.17) is 14.6 Å². The molecule has 0 spiro atoms. The van der Waals surface area contributed by atoms with Crippen molar-refractivity contribution in [1.82, 2.24) is 0 Å². The van der Waals surface area contributed by atoms with Gasteiger partial charge in [-0.25, -0.2) is 4.79 Å². The highest BCUT2D eigenvalue weighted by molar-refractivity contribution is 5.85. The third-order valence-electron chi connectivity index (χ3n) is 3.02. The summed E-state index contributed by atoms with van der Waals surface area (Å²) in [5, 5.41) is 11.4. The molecule has 0 aliphatic heterocycles. The van der Waals surface area contributed by atoms with Gasteiger partial charge in [0.1, 0.15) is 12.4 Å². The molecular formula is C17H17NO5. The molecule has 2 aromatic rings. The second kappa shape index (κ2) is 7.84. The molecule has 0 aliphatic rings. The lowest BCUT2D eigenvalue weighted by atomic mass is 10.1. The van der Waals surface area contributed by atoms with Crippen LogP contribution >= 0.6 is 0 Å². The Morgan fingerprint density at radius 1 is 1.09 bits per heavy atom. The first-order valence-electron chi connectivity index (χ1n) is 6.94. The zero-order chi connectivity index (χ0) is 16.7. The molecule has 0 saturated carbocycles. The fraction of sp³-hybridized carbons (Fsp3) is 0.176. The van der Waals surface area contributed by atoms with Gasteiger partial charge in [-0.15, -0.1) is 0 Å². The molecule has 0 fully saturated rings. The summed E-state index contributed by atoms with van der Waals surface area (Å²) in [6.07, 6.45) is -0.784. The van der Waals surface area contributed by atoms with Gasteiger partial charge in [0, 0.05) is 11.8 Å². The maximum Gasteiger partial charge on any atom is 0.411 e. The predicted molar refractivity (Wildman–Crippen MR) is 84.6 cm³/mol. The van der Waals surface area contributed by atoms with Crippen LogP contribution in [-0.4, -0.2) is 24.3 Å². The Labute approximate surface area is 133 Å². The molecule has 0 saturated heterocycles. The van der Waals surface area contributed by atoms with Gasteiger partial charge in [-0.1, -0.05) is 30.3 Å². The number of carboxylic acid groups (broad SMARTS) is 1. The lowest BCUT2D eigenvalue weighted by molar-refractivity contribution is -0.136. The predicted octanol–water partition coefficient (Wildman–Crippen LogP) is 3.07. The molecule has 0 radical (unpaired) electrons. The van der Waals surface area contributed by atoms with Gasteiger partial charge in [0.2, 0.25) is 0 Å². The van der Waals surface area contributed by atoms with E-state index in [1.54, 1.807) is 18.2 Å². The average molecular weight is 315 g/mol. The summed E-state index contributed by atoms with van der Waals surface area (Å²) in [7, 11) is 1.47. The van der Waals surface area contributed by atoms with Crippen molar-refractivity contribution in [3.05, 3.63) is 59.7 Å². The van der Waals surface area contributed by atoms with Crippen molar-refractivity contribution >= 4 is 17.7 Å². The highest BCUT2D eigenvalue weighted by Gasteiger charge is 2.09. The van der Waals surface area contributed by atoms with Gasteiger partial charge in [-0.05, 0) is 23.3 Å². The van der Waals surface area contributed by atoms with E-state index >= 15 is 0 Å². The fourth-order valence-corrected chi connectivity index (χ4v) is 2.00. The molecule has 0 aliphatic carbocycles. The molecule has 2 rings (SSSR count). The Bertz CT molecular complexity index is 685. The van der Waals surface area contributed by atoms with Crippen molar-refractivity contribution in [2.45, 2.75) is 13.0 Å². The summed E-state index contributed by atoms with van der Waals surface area (Å²) >= 11 is 0. The van der Waals surface area contributed by atoms with Crippen molar-refractivity contribution in [2.75, 3.05) is 12.4 Å². The van der Waals surface area contributed by atoms with E-state index in [1.165, 1.54) is 7.11 Å². The molecule has 120 valence electrons. The number of benzene rings is 2. The molecule has 0 atom stereocenters. The Hall–Kier alpha value is -3.02. The molecule has 0 bridgehead atoms. The first-order valence-corrected chi connectivity index (χ1v) is 6.94. The number of amides is 1. The van der Waals surface area contributed by atoms with Crippen LogP contribution in [0.2, 0.25) is 0 Å². The van der Waals surface area contributed by atoms with E-state index in [2.05, 4.69) is 5.32 Å². The zero-order valence-electron chi connectivity index (χ0n) is 12.6. The number of carboxylic acids is 1. The van der Waals surface area contributed by atoms with Gasteiger partial charge < -0.3 is 14.6 Å². The van der Waals surface area contributed by atoms with Crippen molar-refractivity contribution in [3.8, 4) is 5.75 Å². The number of hydrogen-bond donors (Lipinski definition) is 2. The van der Waals surface area contributed by atoms with Crippen molar-refractivity contribution < 1.29 is 24.2 Å². The Morgan fingerprint density at radius 2 is 1.83 bits per heavy atom. The summed E-state index contributed by atoms with van der Waals surface area (Å²) in [6, 6.07) is 14.1. The SMILES string of the molecule is COc1cc(CC(=O)O)cc(NC(=O)OCc2ccccc2)c1. The lowest BCUT2D eigenvalue weighted by Gasteiger charge is -2.10. The van der Waals surface area contributed by atoms with E-state index in [-0.39, 0.29) is 13.0 Å². The third kappa shape index (κ3) is 5.35. The smallest absolute Gasteiger partial charge is 0.411 e. The van der Waals surface area contributed by atoms with E-state index in [1.807, 2.05) is 30.3 Å². The first kappa shape index (κ1) is 16.4. The molecule has 0 unspecified atom stereocenters. The number of rotatable bonds is 6. The highest BCUT2D eigenvalue weighted by atomic mass is 16.5. The van der Waals surface area contributed by atoms with Gasteiger partial charge in [-0.2, -0.15) is 0 Å². The summed E-state index contributed by atoms with van der Waals surface area (Å²) in [5.74, 6) is -0.502. The topological polar surface area (TPSA) is 84.9 Å². The van der Waals surface area contributed by atoms with Crippen molar-refractivity contribution in [3.63, 3.8) is 0 Å². The van der Waals surface area contributed by atoms with Gasteiger partial charge >= 0.3 is 12.1 Å². The maximum atomic E-state index is 11.8. The van der Waals surface area contributed by atoms with Gasteiger partial charge in [0.05, 0.1) is 13.5 Å². The molecule has 23 heavy (non-hydrogen) atoms. The molecule has 2 N–H and O–H groups in total. The standard InChI is InChI=1S/C17H17NO5/c1-22-15-8-13(9-16(19)20)7-14(10-15)18-17(21)23-11-12-5-3-2-4-6-12/h2-8,10H,9,11H2,1H3,(H,18,21)(H,19,20). The minimum absolute atomic E-state index is 0.151. The van der Waals surface area contributed by atoms with Crippen LogP contribution in [0, 0.1) is 0 Å². The lowest BCUT2D eigenvalue weighted by Crippen LogP contribution is -2.14. The van der Waals surface area contributed by atoms with E-state index in [0.29, 0.717) is 17.0 Å². The molecule has 0 aromatic heterocycles. The Morgan fingerprint density at radius 3 is 2.48 bits per heavy atom. The molecule has 0 heterocycles. The number of anilines is 1. The van der Waals surface area contributed by atoms with Crippen LogP contribution in [0.1, 0.15) is 11.1 Å². The number of carbonyl (C=O) groups is 2. The van der Waals surface area contributed by atoms with Crippen LogP contribution in [0.3, 0.4) is 0 Å². The van der Waals surface area contributed by atoms with E-state index < -0.39 is 12.1 Å². The average Bonchev–Trinajstić information content (AvgIpc) is 2.53. The van der Waals surface area contributed by atoms with Gasteiger partial charge in [-0.3, -0.25) is 10.1 Å². The maximum absolute atomic E-state index is 11.8. The Balaban J connectivity index is 2.00. The largest absolute Gasteiger partial charge is 0.497 e. The number of hydrogen-bond acceptors (Lipinski definition) is 4. The van der Waals surface area contributed by atoms with Crippen LogP contribution in [0.15, 0.2) is 48.5 Å². The number of ether oxygens (including phenoxy) is 2. The first-order chi connectivity index (χ1) is 11.1. The molecular weight excluding hydrogens is 298 g/mol. The van der Waals surface area contributed by atoms with Crippen LogP contribution in [0.25, 0.3) is 0 Å². The number of methoxy groups -OCH3 is 1. The normalized spacial score (nSPS) is 9.96. The summed E-state index contributed by atoms with van der Waals surface area (Å²) < 4.78 is 10.2. The van der Waals surface area contributed by atoms with E-state index in [9.17, 15) is 9.59 Å². The minimum Gasteiger partial charge on any atom is -0.497 e. The van der Waals surface area contributed by atoms with Crippen LogP contribution in [0.5, 0.6) is 5.75 Å². The fourth-order valence-electron chi connectivity index (χ4n) is 2.00. The van der Waals surface area contributed by atoms with Gasteiger partial charge in [0.25, 0.3) is 0 Å². The Kier molecular flexibility index (Phi) is 5.57. The summed E-state index contributed by atoms with van der Waals surface area (Å²) in [6.45, 7) is 0.151. The molecule has 6 heteroatoms. The van der Waals surface area contributed by atoms with Gasteiger partial charge in [0.15, 0.2) is 0 Å². The van der Waals surface area contributed by atoms with Crippen molar-refractivity contribution in [1.29, 1.82) is 0 Å². The minimum atomic E-state index is -0.962.